The molecule has 2 aliphatic heterocycles. The minimum absolute atomic E-state index is 0.0424. The van der Waals surface area contributed by atoms with Crippen LogP contribution < -0.4 is 10.6 Å². The Morgan fingerprint density at radius 1 is 1.07 bits per heavy atom. The molecule has 1 aromatic heterocycles. The van der Waals surface area contributed by atoms with Crippen molar-refractivity contribution in [2.24, 2.45) is 7.05 Å². The van der Waals surface area contributed by atoms with Crippen LogP contribution in [0.25, 0.3) is 11.0 Å². The van der Waals surface area contributed by atoms with Gasteiger partial charge in [-0.3, -0.25) is 14.0 Å². The highest BCUT2D eigenvalue weighted by molar-refractivity contribution is 6.76. The van der Waals surface area contributed by atoms with E-state index in [4.69, 9.17) is 9.47 Å². The minimum Gasteiger partial charge on any atom is -0.444 e. The maximum atomic E-state index is 15.2. The van der Waals surface area contributed by atoms with E-state index in [1.54, 1.807) is 41.9 Å². The van der Waals surface area contributed by atoms with Gasteiger partial charge in [-0.25, -0.2) is 9.59 Å². The zero-order valence-electron chi connectivity index (χ0n) is 24.8. The van der Waals surface area contributed by atoms with E-state index in [-0.39, 0.29) is 24.7 Å². The van der Waals surface area contributed by atoms with Crippen molar-refractivity contribution in [3.8, 4) is 0 Å². The Labute approximate surface area is 235 Å². The number of halogens is 2. The van der Waals surface area contributed by atoms with Crippen LogP contribution in [0.5, 0.6) is 0 Å². The summed E-state index contributed by atoms with van der Waals surface area (Å²) in [5, 5.41) is 0. The van der Waals surface area contributed by atoms with Crippen molar-refractivity contribution >= 4 is 30.9 Å². The Kier molecular flexibility index (Phi) is 8.42. The normalized spacial score (nSPS) is 18.3. The van der Waals surface area contributed by atoms with Crippen LogP contribution >= 0.6 is 0 Å². The van der Waals surface area contributed by atoms with E-state index >= 15 is 8.78 Å². The van der Waals surface area contributed by atoms with Crippen LogP contribution in [0, 0.1) is 0 Å². The van der Waals surface area contributed by atoms with E-state index in [0.717, 1.165) is 27.7 Å². The predicted molar refractivity (Wildman–Crippen MR) is 156 cm³/mol. The molecule has 1 aromatic carbocycles. The molecule has 9 nitrogen and oxygen atoms in total. The number of benzene rings is 1. The fourth-order valence-corrected chi connectivity index (χ4v) is 5.88. The molecule has 1 saturated heterocycles. The third-order valence-corrected chi connectivity index (χ3v) is 8.94. The average Bonchev–Trinajstić information content (AvgIpc) is 3.09. The highest BCUT2D eigenvalue weighted by Crippen LogP contribution is 2.34. The Balaban J connectivity index is 1.46. The molecule has 1 fully saturated rings. The quantitative estimate of drug-likeness (QED) is 0.354. The van der Waals surface area contributed by atoms with Crippen molar-refractivity contribution in [3.63, 3.8) is 0 Å². The van der Waals surface area contributed by atoms with Gasteiger partial charge >= 0.3 is 17.7 Å². The van der Waals surface area contributed by atoms with Gasteiger partial charge in [0.1, 0.15) is 12.3 Å². The van der Waals surface area contributed by atoms with E-state index in [9.17, 15) is 9.59 Å². The zero-order valence-corrected chi connectivity index (χ0v) is 25.8. The number of carbonyl (C=O) groups excluding carboxylic acids is 1. The third-order valence-electron chi connectivity index (χ3n) is 7.24. The Morgan fingerprint density at radius 3 is 2.33 bits per heavy atom. The average molecular weight is 580 g/mol. The minimum atomic E-state index is -3.17. The van der Waals surface area contributed by atoms with E-state index < -0.39 is 32.2 Å². The zero-order chi connectivity index (χ0) is 29.5. The first-order valence-corrected chi connectivity index (χ1v) is 17.6. The second kappa shape index (κ2) is 11.2. The van der Waals surface area contributed by atoms with Crippen molar-refractivity contribution < 1.29 is 23.0 Å². The summed E-state index contributed by atoms with van der Waals surface area (Å²) >= 11 is 0. The molecule has 0 unspecified atom stereocenters. The number of carbonyl (C=O) groups is 1. The van der Waals surface area contributed by atoms with Crippen LogP contribution in [-0.4, -0.2) is 90.5 Å². The van der Waals surface area contributed by atoms with E-state index in [2.05, 4.69) is 24.5 Å². The molecule has 0 N–H and O–H groups in total. The van der Waals surface area contributed by atoms with Gasteiger partial charge in [-0.05, 0) is 45.0 Å². The Bertz CT molecular complexity index is 1320. The molecule has 4 rings (SSSR count). The highest BCUT2D eigenvalue weighted by Gasteiger charge is 2.44. The van der Waals surface area contributed by atoms with Crippen molar-refractivity contribution in [2.45, 2.75) is 64.7 Å². The van der Waals surface area contributed by atoms with Crippen LogP contribution in [0.3, 0.4) is 0 Å². The van der Waals surface area contributed by atoms with E-state index in [0.29, 0.717) is 32.8 Å². The predicted octanol–water partition coefficient (Wildman–Crippen LogP) is 4.54. The number of rotatable bonds is 7. The molecular weight excluding hydrogens is 536 g/mol. The van der Waals surface area contributed by atoms with Gasteiger partial charge in [0.2, 0.25) is 0 Å². The summed E-state index contributed by atoms with van der Waals surface area (Å²) in [6.07, 6.45) is 0.704. The van der Waals surface area contributed by atoms with Crippen LogP contribution in [-0.2, 0) is 23.3 Å². The van der Waals surface area contributed by atoms with E-state index in [1.165, 1.54) is 6.08 Å². The number of para-hydroxylation sites is 1. The monoisotopic (exact) mass is 579 g/mol. The van der Waals surface area contributed by atoms with Gasteiger partial charge in [-0.1, -0.05) is 25.7 Å². The lowest BCUT2D eigenvalue weighted by atomic mass is 10.1. The third kappa shape index (κ3) is 6.71. The maximum Gasteiger partial charge on any atom is 0.410 e. The number of imidazole rings is 1. The highest BCUT2D eigenvalue weighted by atomic mass is 28.3. The first-order chi connectivity index (χ1) is 18.6. The Hall–Kier alpha value is -2.86. The number of aromatic nitrogens is 2. The lowest BCUT2D eigenvalue weighted by Gasteiger charge is -2.43. The SMILES string of the molecule is Cn1c(=O)n(COCC[Si](C)(C)C)c2cccc(N3CCN(C4=CCN(C(=O)OC(C)(C)C)CC4(F)F)CC3)c21. The number of hydrogen-bond acceptors (Lipinski definition) is 6. The fourth-order valence-electron chi connectivity index (χ4n) is 5.12. The first kappa shape index (κ1) is 30.1. The molecule has 0 atom stereocenters. The summed E-state index contributed by atoms with van der Waals surface area (Å²) in [4.78, 5) is 30.3. The molecule has 0 radical (unpaired) electrons. The summed E-state index contributed by atoms with van der Waals surface area (Å²) in [5.74, 6) is -3.17. The van der Waals surface area contributed by atoms with Gasteiger partial charge in [-0.2, -0.15) is 8.78 Å². The molecular formula is C28H43F2N5O4Si. The van der Waals surface area contributed by atoms with Crippen molar-refractivity contribution in [2.75, 3.05) is 50.8 Å². The number of nitrogens with zero attached hydrogens (tertiary/aromatic N) is 5. The first-order valence-electron chi connectivity index (χ1n) is 13.9. The molecule has 3 heterocycles. The molecule has 2 aliphatic rings. The van der Waals surface area contributed by atoms with Crippen molar-refractivity contribution in [3.05, 3.63) is 40.5 Å². The lowest BCUT2D eigenvalue weighted by molar-refractivity contribution is -0.0402. The summed E-state index contributed by atoms with van der Waals surface area (Å²) in [6, 6.07) is 6.84. The standard InChI is InChI=1S/C28H43F2N5O4Si/c1-27(2,3)39-26(37)34-12-11-23(28(29,30)19-34)33-15-13-32(14-16-33)21-9-8-10-22-24(21)31(4)25(36)35(22)20-38-17-18-40(5,6)7/h8-11H,12-20H2,1-7H3. The summed E-state index contributed by atoms with van der Waals surface area (Å²) in [6.45, 7) is 14.0. The molecule has 0 saturated carbocycles. The second-order valence-electron chi connectivity index (χ2n) is 12.9. The summed E-state index contributed by atoms with van der Waals surface area (Å²) in [7, 11) is 0.521. The lowest BCUT2D eigenvalue weighted by Crippen LogP contribution is -2.54. The summed E-state index contributed by atoms with van der Waals surface area (Å²) in [5.41, 5.74) is 1.57. The smallest absolute Gasteiger partial charge is 0.410 e. The van der Waals surface area contributed by atoms with Crippen molar-refractivity contribution in [1.82, 2.24) is 18.9 Å². The number of anilines is 1. The number of amides is 1. The number of hydrogen-bond donors (Lipinski definition) is 0. The molecule has 2 aromatic rings. The topological polar surface area (TPSA) is 72.2 Å². The van der Waals surface area contributed by atoms with E-state index in [1.807, 2.05) is 18.2 Å². The van der Waals surface area contributed by atoms with Gasteiger partial charge < -0.3 is 19.3 Å². The van der Waals surface area contributed by atoms with Crippen LogP contribution in [0.2, 0.25) is 25.7 Å². The van der Waals surface area contributed by atoms with Gasteiger partial charge in [-0.15, -0.1) is 0 Å². The van der Waals surface area contributed by atoms with Crippen LogP contribution in [0.15, 0.2) is 34.8 Å². The van der Waals surface area contributed by atoms with Gasteiger partial charge in [0.05, 0.1) is 29.0 Å². The molecule has 0 spiro atoms. The number of fused-ring (bicyclic) bond motifs is 1. The maximum absolute atomic E-state index is 15.2. The largest absolute Gasteiger partial charge is 0.444 e. The fraction of sp³-hybridized carbons (Fsp3) is 0.643. The molecule has 12 heteroatoms. The van der Waals surface area contributed by atoms with Gasteiger partial charge in [0.25, 0.3) is 0 Å². The molecule has 40 heavy (non-hydrogen) atoms. The van der Waals surface area contributed by atoms with Crippen LogP contribution in [0.1, 0.15) is 20.8 Å². The van der Waals surface area contributed by atoms with Gasteiger partial charge in [0, 0.05) is 54.5 Å². The number of aryl methyl sites for hydroxylation is 1. The second-order valence-corrected chi connectivity index (χ2v) is 18.5. The number of piperazine rings is 1. The molecule has 222 valence electrons. The van der Waals surface area contributed by atoms with Crippen molar-refractivity contribution in [1.29, 1.82) is 0 Å². The van der Waals surface area contributed by atoms with Crippen LogP contribution in [0.4, 0.5) is 19.3 Å². The molecule has 0 aliphatic carbocycles. The molecule has 0 bridgehead atoms. The Morgan fingerprint density at radius 2 is 1.73 bits per heavy atom. The van der Waals surface area contributed by atoms with Gasteiger partial charge in [0.15, 0.2) is 0 Å². The number of alkyl halides is 2. The number of ether oxygens (including phenoxy) is 2. The summed E-state index contributed by atoms with van der Waals surface area (Å²) < 4.78 is 44.9. The molecule has 1 amide bonds.